The molecule has 0 bridgehead atoms. The monoisotopic (exact) mass is 334 g/mol. The van der Waals surface area contributed by atoms with Crippen molar-refractivity contribution < 1.29 is 19.5 Å². The molecular formula is C18H26N2O4. The minimum atomic E-state index is -1.04. The van der Waals surface area contributed by atoms with E-state index in [4.69, 9.17) is 5.11 Å². The number of carboxylic acid groups (broad SMARTS) is 1. The van der Waals surface area contributed by atoms with Gasteiger partial charge in [-0.3, -0.25) is 19.7 Å². The minimum Gasteiger partial charge on any atom is -0.480 e. The fourth-order valence-corrected chi connectivity index (χ4v) is 2.39. The lowest BCUT2D eigenvalue weighted by Gasteiger charge is -2.23. The number of hydrogen-bond donors (Lipinski definition) is 3. The predicted octanol–water partition coefficient (Wildman–Crippen LogP) is 1.39. The van der Waals surface area contributed by atoms with Crippen LogP contribution in [0.15, 0.2) is 30.3 Å². The molecular weight excluding hydrogens is 308 g/mol. The van der Waals surface area contributed by atoms with Crippen molar-refractivity contribution in [3.63, 3.8) is 0 Å². The summed E-state index contributed by atoms with van der Waals surface area (Å²) < 4.78 is 0. The maximum Gasteiger partial charge on any atom is 0.317 e. The van der Waals surface area contributed by atoms with Gasteiger partial charge in [0.05, 0.1) is 18.6 Å². The second kappa shape index (κ2) is 9.82. The first-order valence-corrected chi connectivity index (χ1v) is 8.09. The first-order chi connectivity index (χ1) is 11.3. The van der Waals surface area contributed by atoms with Crippen molar-refractivity contribution in [3.8, 4) is 0 Å². The molecule has 6 nitrogen and oxygen atoms in total. The lowest BCUT2D eigenvalue weighted by Crippen LogP contribution is -2.52. The molecule has 0 fully saturated rings. The second-order valence-corrected chi connectivity index (χ2v) is 6.32. The zero-order valence-corrected chi connectivity index (χ0v) is 14.4. The van der Waals surface area contributed by atoms with Crippen LogP contribution in [0, 0.1) is 5.92 Å². The number of nitrogens with one attached hydrogen (secondary N) is 2. The van der Waals surface area contributed by atoms with Crippen LogP contribution in [0.1, 0.15) is 32.8 Å². The van der Waals surface area contributed by atoms with Gasteiger partial charge in [-0.25, -0.2) is 0 Å². The van der Waals surface area contributed by atoms with Gasteiger partial charge in [0.15, 0.2) is 5.78 Å². The molecule has 0 aliphatic carbocycles. The summed E-state index contributed by atoms with van der Waals surface area (Å²) in [6, 6.07) is 8.08. The molecule has 0 aliphatic rings. The molecule has 2 atom stereocenters. The Morgan fingerprint density at radius 1 is 1.08 bits per heavy atom. The largest absolute Gasteiger partial charge is 0.480 e. The Morgan fingerprint density at radius 3 is 2.21 bits per heavy atom. The predicted molar refractivity (Wildman–Crippen MR) is 91.6 cm³/mol. The molecule has 0 aromatic heterocycles. The zero-order valence-electron chi connectivity index (χ0n) is 14.4. The zero-order chi connectivity index (χ0) is 18.1. The van der Waals surface area contributed by atoms with Crippen molar-refractivity contribution in [2.45, 2.75) is 45.7 Å². The van der Waals surface area contributed by atoms with Crippen LogP contribution in [-0.4, -0.2) is 41.4 Å². The standard InChI is InChI=1S/C18H26N2O4/c1-12(2)9-15(13(3)21)20-18(24)16(19-11-17(22)23)10-14-7-5-4-6-8-14/h4-8,12,15-16,19H,9-11H2,1-3H3,(H,20,24)(H,22,23)/t15-,16-/m0/s1. The van der Waals surface area contributed by atoms with Gasteiger partial charge in [0.25, 0.3) is 0 Å². The number of carboxylic acids is 1. The summed E-state index contributed by atoms with van der Waals surface area (Å²) in [5.41, 5.74) is 0.916. The van der Waals surface area contributed by atoms with E-state index in [-0.39, 0.29) is 24.2 Å². The van der Waals surface area contributed by atoms with Crippen LogP contribution in [0.2, 0.25) is 0 Å². The number of benzene rings is 1. The molecule has 3 N–H and O–H groups in total. The number of ketones is 1. The van der Waals surface area contributed by atoms with Crippen molar-refractivity contribution >= 4 is 17.7 Å². The first kappa shape index (κ1) is 19.8. The van der Waals surface area contributed by atoms with E-state index in [9.17, 15) is 14.4 Å². The van der Waals surface area contributed by atoms with E-state index in [0.29, 0.717) is 12.8 Å². The molecule has 6 heteroatoms. The SMILES string of the molecule is CC(=O)[C@H](CC(C)C)NC(=O)[C@H](Cc1ccccc1)NCC(=O)O. The number of Topliss-reactive ketones (excluding diaryl/α,β-unsaturated/α-hetero) is 1. The fourth-order valence-electron chi connectivity index (χ4n) is 2.39. The highest BCUT2D eigenvalue weighted by atomic mass is 16.4. The summed E-state index contributed by atoms with van der Waals surface area (Å²) in [4.78, 5) is 35.1. The highest BCUT2D eigenvalue weighted by Crippen LogP contribution is 2.08. The van der Waals surface area contributed by atoms with E-state index in [0.717, 1.165) is 5.56 Å². The van der Waals surface area contributed by atoms with Gasteiger partial charge in [-0.05, 0) is 31.2 Å². The van der Waals surface area contributed by atoms with Gasteiger partial charge in [-0.15, -0.1) is 0 Å². The number of carbonyl (C=O) groups is 3. The van der Waals surface area contributed by atoms with Crippen molar-refractivity contribution in [3.05, 3.63) is 35.9 Å². The van der Waals surface area contributed by atoms with E-state index in [1.807, 2.05) is 44.2 Å². The van der Waals surface area contributed by atoms with Gasteiger partial charge in [0.1, 0.15) is 0 Å². The molecule has 1 aromatic carbocycles. The number of hydrogen-bond acceptors (Lipinski definition) is 4. The molecule has 1 rings (SSSR count). The highest BCUT2D eigenvalue weighted by molar-refractivity contribution is 5.90. The number of carbonyl (C=O) groups excluding carboxylic acids is 2. The molecule has 0 spiro atoms. The van der Waals surface area contributed by atoms with Crippen LogP contribution in [-0.2, 0) is 20.8 Å². The van der Waals surface area contributed by atoms with Crippen LogP contribution >= 0.6 is 0 Å². The van der Waals surface area contributed by atoms with E-state index in [1.165, 1.54) is 6.92 Å². The molecule has 132 valence electrons. The Morgan fingerprint density at radius 2 is 1.71 bits per heavy atom. The van der Waals surface area contributed by atoms with Crippen LogP contribution in [0.5, 0.6) is 0 Å². The Bertz CT molecular complexity index is 557. The van der Waals surface area contributed by atoms with E-state index < -0.39 is 18.1 Å². The maximum atomic E-state index is 12.5. The van der Waals surface area contributed by atoms with Crippen LogP contribution in [0.4, 0.5) is 0 Å². The van der Waals surface area contributed by atoms with Gasteiger partial charge in [-0.2, -0.15) is 0 Å². The van der Waals surface area contributed by atoms with Crippen molar-refractivity contribution in [2.75, 3.05) is 6.54 Å². The summed E-state index contributed by atoms with van der Waals surface area (Å²) >= 11 is 0. The minimum absolute atomic E-state index is 0.103. The van der Waals surface area contributed by atoms with Crippen molar-refractivity contribution in [1.82, 2.24) is 10.6 Å². The molecule has 0 heterocycles. The number of rotatable bonds is 10. The first-order valence-electron chi connectivity index (χ1n) is 8.09. The van der Waals surface area contributed by atoms with Crippen molar-refractivity contribution in [1.29, 1.82) is 0 Å². The van der Waals surface area contributed by atoms with Gasteiger partial charge in [-0.1, -0.05) is 44.2 Å². The summed E-state index contributed by atoms with van der Waals surface area (Å²) in [6.45, 7) is 5.09. The Balaban J connectivity index is 2.81. The van der Waals surface area contributed by atoms with Gasteiger partial charge in [0, 0.05) is 0 Å². The summed E-state index contributed by atoms with van der Waals surface area (Å²) in [5.74, 6) is -1.24. The summed E-state index contributed by atoms with van der Waals surface area (Å²) in [5, 5.41) is 14.3. The lowest BCUT2D eigenvalue weighted by atomic mass is 9.99. The lowest BCUT2D eigenvalue weighted by molar-refractivity contribution is -0.136. The third-order valence-electron chi connectivity index (χ3n) is 3.61. The molecule has 1 aromatic rings. The summed E-state index contributed by atoms with van der Waals surface area (Å²) in [6.07, 6.45) is 0.907. The summed E-state index contributed by atoms with van der Waals surface area (Å²) in [7, 11) is 0. The Hall–Kier alpha value is -2.21. The molecule has 0 saturated heterocycles. The quantitative estimate of drug-likeness (QED) is 0.601. The van der Waals surface area contributed by atoms with Gasteiger partial charge < -0.3 is 10.4 Å². The van der Waals surface area contributed by atoms with Crippen LogP contribution in [0.25, 0.3) is 0 Å². The average molecular weight is 334 g/mol. The van der Waals surface area contributed by atoms with Gasteiger partial charge >= 0.3 is 5.97 Å². The van der Waals surface area contributed by atoms with Gasteiger partial charge in [0.2, 0.25) is 5.91 Å². The number of amides is 1. The smallest absolute Gasteiger partial charge is 0.317 e. The van der Waals surface area contributed by atoms with E-state index in [1.54, 1.807) is 0 Å². The fraction of sp³-hybridized carbons (Fsp3) is 0.500. The normalized spacial score (nSPS) is 13.3. The molecule has 0 saturated carbocycles. The van der Waals surface area contributed by atoms with E-state index >= 15 is 0 Å². The molecule has 0 aliphatic heterocycles. The molecule has 24 heavy (non-hydrogen) atoms. The molecule has 0 unspecified atom stereocenters. The maximum absolute atomic E-state index is 12.5. The van der Waals surface area contributed by atoms with Crippen LogP contribution in [0.3, 0.4) is 0 Å². The topological polar surface area (TPSA) is 95.5 Å². The molecule has 0 radical (unpaired) electrons. The number of aliphatic carboxylic acids is 1. The molecule has 1 amide bonds. The highest BCUT2D eigenvalue weighted by Gasteiger charge is 2.24. The third kappa shape index (κ3) is 7.37. The average Bonchev–Trinajstić information content (AvgIpc) is 2.50. The Kier molecular flexibility index (Phi) is 8.12. The van der Waals surface area contributed by atoms with E-state index in [2.05, 4.69) is 10.6 Å². The van der Waals surface area contributed by atoms with Crippen LogP contribution < -0.4 is 10.6 Å². The third-order valence-corrected chi connectivity index (χ3v) is 3.61. The van der Waals surface area contributed by atoms with Crippen molar-refractivity contribution in [2.24, 2.45) is 5.92 Å². The second-order valence-electron chi connectivity index (χ2n) is 6.32. The Labute approximate surface area is 142 Å².